The molecule has 1 aliphatic heterocycles. The van der Waals surface area contributed by atoms with Gasteiger partial charge < -0.3 is 14.5 Å². The van der Waals surface area contributed by atoms with Gasteiger partial charge in [0.15, 0.2) is 0 Å². The summed E-state index contributed by atoms with van der Waals surface area (Å²) in [7, 11) is 4.14. The molecule has 1 unspecified atom stereocenters. The summed E-state index contributed by atoms with van der Waals surface area (Å²) in [6.45, 7) is 12.5. The van der Waals surface area contributed by atoms with Crippen molar-refractivity contribution in [1.29, 1.82) is 0 Å². The molecule has 6 heteroatoms. The van der Waals surface area contributed by atoms with E-state index >= 15 is 0 Å². The van der Waals surface area contributed by atoms with Crippen LogP contribution in [0.2, 0.25) is 0 Å². The highest BCUT2D eigenvalue weighted by atomic mass is 16.5. The molecular formula is C25H44N4O2. The van der Waals surface area contributed by atoms with Crippen LogP contribution in [0.5, 0.6) is 0 Å². The molecule has 2 fully saturated rings. The summed E-state index contributed by atoms with van der Waals surface area (Å²) in [4.78, 5) is 17.9. The van der Waals surface area contributed by atoms with E-state index in [-0.39, 0.29) is 22.8 Å². The van der Waals surface area contributed by atoms with Crippen molar-refractivity contribution in [2.45, 2.75) is 90.7 Å². The molecule has 6 nitrogen and oxygen atoms in total. The Morgan fingerprint density at radius 2 is 2.03 bits per heavy atom. The maximum atomic E-state index is 13.6. The molecule has 1 saturated heterocycles. The number of H-pyrrole nitrogens is 1. The van der Waals surface area contributed by atoms with Crippen LogP contribution in [0, 0.1) is 11.3 Å². The third kappa shape index (κ3) is 5.51. The van der Waals surface area contributed by atoms with Crippen LogP contribution in [0.4, 0.5) is 0 Å². The van der Waals surface area contributed by atoms with E-state index in [4.69, 9.17) is 4.74 Å². The first-order chi connectivity index (χ1) is 14.7. The van der Waals surface area contributed by atoms with Gasteiger partial charge in [-0.1, -0.05) is 34.1 Å². The van der Waals surface area contributed by atoms with Crippen LogP contribution in [0.25, 0.3) is 0 Å². The molecule has 1 N–H and O–H groups in total. The van der Waals surface area contributed by atoms with Crippen LogP contribution in [-0.2, 0) is 16.1 Å². The first-order valence-electron chi connectivity index (χ1n) is 12.3. The lowest BCUT2D eigenvalue weighted by Gasteiger charge is -2.44. The van der Waals surface area contributed by atoms with E-state index in [0.717, 1.165) is 58.3 Å². The number of hydrogen-bond donors (Lipinski definition) is 1. The maximum Gasteiger partial charge on any atom is 0.228 e. The van der Waals surface area contributed by atoms with Gasteiger partial charge in [-0.2, -0.15) is 5.10 Å². The molecule has 1 spiro atoms. The SMILES string of the molecule is CCCCN(C)Cc1cn[nH]c1[C@@H]1CC[C@@]2(CC(C)(C)CO2)C(C(=O)N(C)CCC)C1. The second kappa shape index (κ2) is 10.0. The summed E-state index contributed by atoms with van der Waals surface area (Å²) in [5, 5.41) is 7.70. The van der Waals surface area contributed by atoms with E-state index in [2.05, 4.69) is 49.8 Å². The van der Waals surface area contributed by atoms with Crippen molar-refractivity contribution >= 4 is 5.91 Å². The number of unbranched alkanes of at least 4 members (excludes halogenated alkanes) is 1. The molecule has 2 heterocycles. The lowest BCUT2D eigenvalue weighted by Crippen LogP contribution is -2.50. The molecule has 2 aliphatic rings. The number of ether oxygens (including phenoxy) is 1. The first kappa shape index (κ1) is 24.2. The molecule has 0 radical (unpaired) electrons. The molecule has 1 saturated carbocycles. The van der Waals surface area contributed by atoms with Crippen molar-refractivity contribution in [2.75, 3.05) is 33.8 Å². The maximum absolute atomic E-state index is 13.6. The Bertz CT molecular complexity index is 731. The molecule has 176 valence electrons. The third-order valence-corrected chi connectivity index (χ3v) is 7.33. The molecule has 3 atom stereocenters. The average molecular weight is 433 g/mol. The zero-order chi connectivity index (χ0) is 22.6. The van der Waals surface area contributed by atoms with Crippen LogP contribution in [0.15, 0.2) is 6.20 Å². The van der Waals surface area contributed by atoms with Crippen LogP contribution < -0.4 is 0 Å². The summed E-state index contributed by atoms with van der Waals surface area (Å²) in [6, 6.07) is 0. The number of aromatic amines is 1. The highest BCUT2D eigenvalue weighted by Crippen LogP contribution is 2.53. The van der Waals surface area contributed by atoms with E-state index in [1.54, 1.807) is 0 Å². The largest absolute Gasteiger partial charge is 0.374 e. The van der Waals surface area contributed by atoms with E-state index in [1.165, 1.54) is 24.1 Å². The topological polar surface area (TPSA) is 61.5 Å². The Kier molecular flexibility index (Phi) is 7.85. The molecule has 31 heavy (non-hydrogen) atoms. The predicted octanol–water partition coefficient (Wildman–Crippen LogP) is 4.58. The minimum Gasteiger partial charge on any atom is -0.374 e. The van der Waals surface area contributed by atoms with Crippen molar-refractivity contribution in [3.8, 4) is 0 Å². The Balaban J connectivity index is 1.80. The van der Waals surface area contributed by atoms with Gasteiger partial charge in [-0.15, -0.1) is 0 Å². The lowest BCUT2D eigenvalue weighted by atomic mass is 9.65. The predicted molar refractivity (Wildman–Crippen MR) is 125 cm³/mol. The number of carbonyl (C=O) groups excluding carboxylic acids is 1. The molecule has 1 aromatic heterocycles. The molecule has 1 aromatic rings. The first-order valence-corrected chi connectivity index (χ1v) is 12.3. The molecule has 0 bridgehead atoms. The van der Waals surface area contributed by atoms with E-state index in [0.29, 0.717) is 5.92 Å². The van der Waals surface area contributed by atoms with E-state index in [1.807, 2.05) is 18.1 Å². The molecule has 3 rings (SSSR count). The number of carbonyl (C=O) groups is 1. The van der Waals surface area contributed by atoms with Gasteiger partial charge in [0.25, 0.3) is 0 Å². The van der Waals surface area contributed by atoms with Crippen LogP contribution >= 0.6 is 0 Å². The van der Waals surface area contributed by atoms with Crippen LogP contribution in [0.3, 0.4) is 0 Å². The number of hydrogen-bond acceptors (Lipinski definition) is 4. The van der Waals surface area contributed by atoms with Crippen molar-refractivity contribution in [3.63, 3.8) is 0 Å². The summed E-state index contributed by atoms with van der Waals surface area (Å²) >= 11 is 0. The van der Waals surface area contributed by atoms with Gasteiger partial charge in [0.1, 0.15) is 0 Å². The third-order valence-electron chi connectivity index (χ3n) is 7.33. The van der Waals surface area contributed by atoms with Crippen LogP contribution in [0.1, 0.15) is 89.8 Å². The van der Waals surface area contributed by atoms with Crippen LogP contribution in [-0.4, -0.2) is 65.3 Å². The number of rotatable bonds is 9. The zero-order valence-corrected chi connectivity index (χ0v) is 20.7. The second-order valence-electron chi connectivity index (χ2n) is 10.9. The van der Waals surface area contributed by atoms with Gasteiger partial charge in [-0.05, 0) is 57.5 Å². The highest BCUT2D eigenvalue weighted by Gasteiger charge is 2.55. The Morgan fingerprint density at radius 1 is 1.26 bits per heavy atom. The Labute approximate surface area is 189 Å². The summed E-state index contributed by atoms with van der Waals surface area (Å²) < 4.78 is 6.48. The number of aromatic nitrogens is 2. The monoisotopic (exact) mass is 432 g/mol. The quantitative estimate of drug-likeness (QED) is 0.620. The Morgan fingerprint density at radius 3 is 2.68 bits per heavy atom. The van der Waals surface area contributed by atoms with Gasteiger partial charge in [-0.3, -0.25) is 9.89 Å². The smallest absolute Gasteiger partial charge is 0.228 e. The fraction of sp³-hybridized carbons (Fsp3) is 0.840. The Hall–Kier alpha value is -1.40. The molecular weight excluding hydrogens is 388 g/mol. The van der Waals surface area contributed by atoms with E-state index in [9.17, 15) is 4.79 Å². The summed E-state index contributed by atoms with van der Waals surface area (Å²) in [6.07, 6.45) is 9.19. The normalized spacial score (nSPS) is 27.8. The van der Waals surface area contributed by atoms with Crippen molar-refractivity contribution < 1.29 is 9.53 Å². The molecule has 1 aliphatic carbocycles. The standard InChI is InChI=1S/C25H44N4O2/c1-7-9-13-28(5)16-20-15-26-27-22(20)19-10-11-25(17-24(3,4)18-31-25)21(14-19)23(30)29(6)12-8-2/h15,19,21H,7-14,16-18H2,1-6H3,(H,26,27)/t19-,21?,25-/m1/s1. The van der Waals surface area contributed by atoms with E-state index < -0.39 is 0 Å². The molecule has 1 amide bonds. The minimum absolute atomic E-state index is 0.0847. The second-order valence-corrected chi connectivity index (χ2v) is 10.9. The fourth-order valence-electron chi connectivity index (χ4n) is 5.74. The van der Waals surface area contributed by atoms with Crippen molar-refractivity contribution in [3.05, 3.63) is 17.5 Å². The number of nitrogens with zero attached hydrogens (tertiary/aromatic N) is 3. The van der Waals surface area contributed by atoms with Crippen molar-refractivity contribution in [2.24, 2.45) is 11.3 Å². The zero-order valence-electron chi connectivity index (χ0n) is 20.7. The van der Waals surface area contributed by atoms with Gasteiger partial charge in [0.05, 0.1) is 24.3 Å². The highest BCUT2D eigenvalue weighted by molar-refractivity contribution is 5.80. The fourth-order valence-corrected chi connectivity index (χ4v) is 5.74. The molecule has 0 aromatic carbocycles. The number of nitrogens with one attached hydrogen (secondary N) is 1. The number of amides is 1. The summed E-state index contributed by atoms with van der Waals surface area (Å²) in [5.74, 6) is 0.503. The van der Waals surface area contributed by atoms with Gasteiger partial charge in [0.2, 0.25) is 5.91 Å². The van der Waals surface area contributed by atoms with Gasteiger partial charge in [-0.25, -0.2) is 0 Å². The summed E-state index contributed by atoms with van der Waals surface area (Å²) in [5.41, 5.74) is 2.33. The lowest BCUT2D eigenvalue weighted by molar-refractivity contribution is -0.151. The minimum atomic E-state index is -0.308. The average Bonchev–Trinajstić information content (AvgIpc) is 3.30. The van der Waals surface area contributed by atoms with Gasteiger partial charge >= 0.3 is 0 Å². The van der Waals surface area contributed by atoms with Crippen molar-refractivity contribution in [1.82, 2.24) is 20.0 Å². The van der Waals surface area contributed by atoms with Gasteiger partial charge in [0, 0.05) is 37.3 Å².